The van der Waals surface area contributed by atoms with Crippen LogP contribution in [0.4, 0.5) is 4.79 Å². The van der Waals surface area contributed by atoms with Gasteiger partial charge in [-0.3, -0.25) is 24.0 Å². The van der Waals surface area contributed by atoms with E-state index in [2.05, 4.69) is 10.6 Å². The number of nitrogens with one attached hydrogen (secondary N) is 2. The molecule has 0 radical (unpaired) electrons. The lowest BCUT2D eigenvalue weighted by molar-refractivity contribution is -0.173. The molecule has 44 heavy (non-hydrogen) atoms. The van der Waals surface area contributed by atoms with Gasteiger partial charge in [-0.1, -0.05) is 18.6 Å². The fourth-order valence-corrected chi connectivity index (χ4v) is 8.47. The second-order valence-corrected chi connectivity index (χ2v) is 12.8. The third kappa shape index (κ3) is 4.36. The lowest BCUT2D eigenvalue weighted by Gasteiger charge is -2.46. The summed E-state index contributed by atoms with van der Waals surface area (Å²) < 4.78 is 5.69. The number of phenolic OH excluding ortho intramolecular Hbond substituents is 3. The number of nitrogens with two attached hydrogens (primary N) is 1. The Labute approximate surface area is 253 Å². The van der Waals surface area contributed by atoms with E-state index in [1.54, 1.807) is 11.8 Å². The molecule has 2 aliphatic carbocycles. The summed E-state index contributed by atoms with van der Waals surface area (Å²) in [7, 11) is 0. The number of benzene rings is 2. The van der Waals surface area contributed by atoms with Crippen LogP contribution in [-0.4, -0.2) is 84.4 Å². The number of aliphatic hydroxyl groups is 1. The van der Waals surface area contributed by atoms with Crippen LogP contribution in [0.1, 0.15) is 54.1 Å². The Kier molecular flexibility index (Phi) is 7.19. The third-order valence-electron chi connectivity index (χ3n) is 9.04. The largest absolute Gasteiger partial charge is 0.507 e. The molecular weight excluding hydrogens is 598 g/mol. The first-order chi connectivity index (χ1) is 20.9. The molecular formula is C29H29N3O11S. The highest BCUT2D eigenvalue weighted by Crippen LogP contribution is 2.56. The van der Waals surface area contributed by atoms with E-state index in [0.29, 0.717) is 19.3 Å². The molecule has 0 bridgehead atoms. The molecule has 4 aliphatic rings. The molecule has 7 atom stereocenters. The predicted octanol–water partition coefficient (Wildman–Crippen LogP) is 0.454. The third-order valence-corrected chi connectivity index (χ3v) is 10.5. The zero-order chi connectivity index (χ0) is 31.7. The molecule has 15 heteroatoms. The SMILES string of the molecule is NC(=O)C1C(=O)C[C@@H]2[C@@H](OC(=O)CCCCC3SCC4NC(=O)NC43)c3c(c(O)c4c(O)cccc4c3O)C(=O)[C@]2(O)C1=O. The molecule has 2 saturated heterocycles. The number of hydrogen-bond acceptors (Lipinski definition) is 12. The van der Waals surface area contributed by atoms with Gasteiger partial charge in [-0.05, 0) is 18.9 Å². The number of ketones is 3. The van der Waals surface area contributed by atoms with Crippen molar-refractivity contribution in [3.8, 4) is 17.2 Å². The summed E-state index contributed by atoms with van der Waals surface area (Å²) in [5.41, 5.74) is 0.890. The number of carbonyl (C=O) groups excluding carboxylic acids is 6. The van der Waals surface area contributed by atoms with Crippen molar-refractivity contribution in [2.75, 3.05) is 5.75 Å². The van der Waals surface area contributed by atoms with E-state index in [9.17, 15) is 49.2 Å². The lowest BCUT2D eigenvalue weighted by Crippen LogP contribution is -2.65. The molecule has 3 amide bonds. The molecule has 1 saturated carbocycles. The summed E-state index contributed by atoms with van der Waals surface area (Å²) in [6.07, 6.45) is -1.05. The maximum absolute atomic E-state index is 13.8. The summed E-state index contributed by atoms with van der Waals surface area (Å²) in [6, 6.07) is 3.68. The van der Waals surface area contributed by atoms with Crippen LogP contribution < -0.4 is 16.4 Å². The summed E-state index contributed by atoms with van der Waals surface area (Å²) in [6.45, 7) is 0. The van der Waals surface area contributed by atoms with Crippen molar-refractivity contribution < 1.29 is 53.9 Å². The summed E-state index contributed by atoms with van der Waals surface area (Å²) in [5, 5.41) is 49.9. The van der Waals surface area contributed by atoms with Crippen LogP contribution >= 0.6 is 11.8 Å². The van der Waals surface area contributed by atoms with Crippen LogP contribution in [0.2, 0.25) is 0 Å². The monoisotopic (exact) mass is 627 g/mol. The smallest absolute Gasteiger partial charge is 0.315 e. The Hall–Kier alpha value is -4.37. The van der Waals surface area contributed by atoms with E-state index in [4.69, 9.17) is 10.5 Å². The van der Waals surface area contributed by atoms with Crippen LogP contribution in [-0.2, 0) is 23.9 Å². The zero-order valence-electron chi connectivity index (χ0n) is 23.1. The fraction of sp³-hybridized carbons (Fsp3) is 0.448. The Morgan fingerprint density at radius 1 is 1.07 bits per heavy atom. The van der Waals surface area contributed by atoms with Gasteiger partial charge in [0.2, 0.25) is 11.7 Å². The Morgan fingerprint density at radius 2 is 1.82 bits per heavy atom. The van der Waals surface area contributed by atoms with E-state index in [1.165, 1.54) is 18.2 Å². The van der Waals surface area contributed by atoms with Gasteiger partial charge in [0.05, 0.1) is 34.5 Å². The highest BCUT2D eigenvalue weighted by atomic mass is 32.2. The van der Waals surface area contributed by atoms with Gasteiger partial charge in [-0.2, -0.15) is 11.8 Å². The number of ether oxygens (including phenoxy) is 1. The van der Waals surface area contributed by atoms with Gasteiger partial charge < -0.3 is 41.5 Å². The molecule has 232 valence electrons. The van der Waals surface area contributed by atoms with E-state index < -0.39 is 87.6 Å². The van der Waals surface area contributed by atoms with Gasteiger partial charge in [0.15, 0.2) is 23.1 Å². The maximum atomic E-state index is 13.8. The Morgan fingerprint density at radius 3 is 2.55 bits per heavy atom. The second-order valence-electron chi connectivity index (χ2n) is 11.5. The van der Waals surface area contributed by atoms with Crippen molar-refractivity contribution >= 4 is 57.8 Å². The molecule has 8 N–H and O–H groups in total. The van der Waals surface area contributed by atoms with E-state index in [0.717, 1.165) is 5.75 Å². The molecule has 0 spiro atoms. The van der Waals surface area contributed by atoms with Gasteiger partial charge >= 0.3 is 12.0 Å². The van der Waals surface area contributed by atoms with E-state index in [-0.39, 0.29) is 40.6 Å². The van der Waals surface area contributed by atoms with Crippen LogP contribution in [0, 0.1) is 11.8 Å². The minimum atomic E-state index is -3.12. The number of rotatable bonds is 7. The van der Waals surface area contributed by atoms with Crippen molar-refractivity contribution in [2.24, 2.45) is 17.6 Å². The maximum Gasteiger partial charge on any atom is 0.315 e. The topological polar surface area (TPSA) is 243 Å². The van der Waals surface area contributed by atoms with Crippen LogP contribution in [0.5, 0.6) is 17.2 Å². The minimum absolute atomic E-state index is 0.0103. The van der Waals surface area contributed by atoms with Gasteiger partial charge in [0.25, 0.3) is 0 Å². The molecule has 0 aromatic heterocycles. The number of amides is 3. The Bertz CT molecular complexity index is 1660. The number of aromatic hydroxyl groups is 3. The second kappa shape index (κ2) is 10.7. The highest BCUT2D eigenvalue weighted by Gasteiger charge is 2.66. The number of thioether (sulfide) groups is 1. The number of carbonyl (C=O) groups is 6. The number of esters is 1. The van der Waals surface area contributed by atoms with Crippen molar-refractivity contribution in [3.63, 3.8) is 0 Å². The first-order valence-electron chi connectivity index (χ1n) is 14.1. The average molecular weight is 628 g/mol. The quantitative estimate of drug-likeness (QED) is 0.0728. The molecule has 4 unspecified atom stereocenters. The Balaban J connectivity index is 1.31. The number of Topliss-reactive ketones (excluding diaryl/α,β-unsaturated/α-hetero) is 3. The molecule has 2 heterocycles. The van der Waals surface area contributed by atoms with Crippen LogP contribution in [0.15, 0.2) is 18.2 Å². The normalized spacial score (nSPS) is 30.8. The average Bonchev–Trinajstić information content (AvgIpc) is 3.51. The molecule has 2 aliphatic heterocycles. The number of hydrogen-bond donors (Lipinski definition) is 7. The molecule has 3 fully saturated rings. The van der Waals surface area contributed by atoms with Crippen LogP contribution in [0.3, 0.4) is 0 Å². The highest BCUT2D eigenvalue weighted by molar-refractivity contribution is 8.00. The fourth-order valence-electron chi connectivity index (χ4n) is 6.93. The van der Waals surface area contributed by atoms with Crippen molar-refractivity contribution in [1.29, 1.82) is 0 Å². The van der Waals surface area contributed by atoms with E-state index in [1.807, 2.05) is 0 Å². The van der Waals surface area contributed by atoms with Gasteiger partial charge in [-0.25, -0.2) is 4.79 Å². The first-order valence-corrected chi connectivity index (χ1v) is 15.1. The zero-order valence-corrected chi connectivity index (χ0v) is 23.9. The summed E-state index contributed by atoms with van der Waals surface area (Å²) in [5.74, 6) is -11.4. The predicted molar refractivity (Wildman–Crippen MR) is 152 cm³/mol. The standard InChI is InChI=1S/C29H29N3O11S/c30-27(40)18-14(34)8-11-24(43-16(35)7-2-1-6-15-21-12(9-44-15)31-28(41)32-21)19-20(26(39)29(11,42)25(18)38)23(37)17-10(22(19)36)4-3-5-13(17)33/h3-5,11-12,15,18,21,24,33,36-37,42H,1-2,6-9H2,(H2,30,40)(H2,31,32,41)/t11-,12?,15?,18?,21?,24-,29-/m1/s1. The molecule has 2 aromatic rings. The van der Waals surface area contributed by atoms with Crippen molar-refractivity contribution in [2.45, 2.75) is 61.1 Å². The minimum Gasteiger partial charge on any atom is -0.507 e. The van der Waals surface area contributed by atoms with Gasteiger partial charge in [-0.15, -0.1) is 0 Å². The molecule has 2 aromatic carbocycles. The summed E-state index contributed by atoms with van der Waals surface area (Å²) >= 11 is 1.72. The number of urea groups is 1. The number of phenols is 3. The number of primary amides is 1. The molecule has 14 nitrogen and oxygen atoms in total. The van der Waals surface area contributed by atoms with Crippen molar-refractivity contribution in [3.05, 3.63) is 29.3 Å². The summed E-state index contributed by atoms with van der Waals surface area (Å²) in [4.78, 5) is 76.8. The van der Waals surface area contributed by atoms with Gasteiger partial charge in [0, 0.05) is 29.2 Å². The number of unbranched alkanes of at least 4 members (excludes halogenated alkanes) is 1. The lowest BCUT2D eigenvalue weighted by atomic mass is 9.59. The van der Waals surface area contributed by atoms with Gasteiger partial charge in [0.1, 0.15) is 23.4 Å². The number of fused-ring (bicyclic) bond motifs is 4. The van der Waals surface area contributed by atoms with Crippen LogP contribution in [0.25, 0.3) is 10.8 Å². The molecule has 6 rings (SSSR count). The van der Waals surface area contributed by atoms with Crippen molar-refractivity contribution in [1.82, 2.24) is 10.6 Å². The van der Waals surface area contributed by atoms with E-state index >= 15 is 0 Å². The first kappa shape index (κ1) is 29.7.